The van der Waals surface area contributed by atoms with E-state index in [1.165, 1.54) is 24.0 Å². The Hall–Kier alpha value is -1.46. The summed E-state index contributed by atoms with van der Waals surface area (Å²) in [6.07, 6.45) is 10.6. The highest BCUT2D eigenvalue weighted by molar-refractivity contribution is 5.24. The molecule has 1 aromatic rings. The maximum absolute atomic E-state index is 10.6. The SMILES string of the molecule is Cc1cccc(C[C@@H](O)C=C[C@@H]2[C@H]3CC(CNCCCCN(C)C)=C[C@H]3C[C@H]2O)c1. The van der Waals surface area contributed by atoms with Crippen LogP contribution in [0.3, 0.4) is 0 Å². The van der Waals surface area contributed by atoms with Crippen molar-refractivity contribution in [3.05, 3.63) is 59.2 Å². The number of hydrogen-bond acceptors (Lipinski definition) is 4. The van der Waals surface area contributed by atoms with E-state index in [9.17, 15) is 10.2 Å². The number of hydrogen-bond donors (Lipinski definition) is 3. The minimum Gasteiger partial charge on any atom is -0.392 e. The molecule has 4 nitrogen and oxygen atoms in total. The number of benzene rings is 1. The summed E-state index contributed by atoms with van der Waals surface area (Å²) in [4.78, 5) is 2.23. The molecule has 0 saturated heterocycles. The highest BCUT2D eigenvalue weighted by atomic mass is 16.3. The number of unbranched alkanes of at least 4 members (excludes halogenated alkanes) is 1. The first-order valence-electron chi connectivity index (χ1n) is 11.6. The van der Waals surface area contributed by atoms with Gasteiger partial charge in [-0.1, -0.05) is 53.6 Å². The van der Waals surface area contributed by atoms with Crippen molar-refractivity contribution in [2.45, 2.75) is 51.2 Å². The lowest BCUT2D eigenvalue weighted by Gasteiger charge is -2.19. The maximum Gasteiger partial charge on any atom is 0.0761 e. The molecule has 3 N–H and O–H groups in total. The van der Waals surface area contributed by atoms with E-state index < -0.39 is 6.10 Å². The van der Waals surface area contributed by atoms with Crippen molar-refractivity contribution in [3.8, 4) is 0 Å². The van der Waals surface area contributed by atoms with Crippen LogP contribution >= 0.6 is 0 Å². The molecule has 30 heavy (non-hydrogen) atoms. The molecule has 0 spiro atoms. The highest BCUT2D eigenvalue weighted by Crippen LogP contribution is 2.47. The van der Waals surface area contributed by atoms with Crippen molar-refractivity contribution in [2.24, 2.45) is 17.8 Å². The van der Waals surface area contributed by atoms with Gasteiger partial charge in [-0.2, -0.15) is 0 Å². The summed E-state index contributed by atoms with van der Waals surface area (Å²) in [6.45, 7) is 5.26. The summed E-state index contributed by atoms with van der Waals surface area (Å²) in [5, 5.41) is 24.6. The van der Waals surface area contributed by atoms with Gasteiger partial charge in [0.15, 0.2) is 0 Å². The lowest BCUT2D eigenvalue weighted by atomic mass is 9.89. The number of nitrogens with one attached hydrogen (secondary N) is 1. The summed E-state index contributed by atoms with van der Waals surface area (Å²) in [5.74, 6) is 1.11. The lowest BCUT2D eigenvalue weighted by molar-refractivity contribution is 0.140. The van der Waals surface area contributed by atoms with Crippen LogP contribution in [0.5, 0.6) is 0 Å². The standard InChI is InChI=1S/C26H40N2O2/c1-19-7-6-8-20(13-19)15-23(29)9-10-24-25-16-21(14-22(25)17-26(24)30)18-27-11-4-5-12-28(2)3/h6-10,13-14,22-27,29-30H,4-5,11-12,15-18H2,1-3H3/t22-,23-,24+,25-,26+/m0/s1. The predicted molar refractivity (Wildman–Crippen MR) is 124 cm³/mol. The van der Waals surface area contributed by atoms with Crippen molar-refractivity contribution < 1.29 is 10.2 Å². The molecule has 5 atom stereocenters. The fourth-order valence-electron chi connectivity index (χ4n) is 5.07. The van der Waals surface area contributed by atoms with Crippen molar-refractivity contribution in [3.63, 3.8) is 0 Å². The molecule has 1 saturated carbocycles. The molecule has 1 fully saturated rings. The van der Waals surface area contributed by atoms with E-state index in [0.717, 1.165) is 38.0 Å². The Morgan fingerprint density at radius 3 is 2.87 bits per heavy atom. The Bertz CT molecular complexity index is 727. The average Bonchev–Trinajstić information content (AvgIpc) is 3.19. The van der Waals surface area contributed by atoms with Gasteiger partial charge < -0.3 is 20.4 Å². The minimum absolute atomic E-state index is 0.149. The van der Waals surface area contributed by atoms with Crippen LogP contribution < -0.4 is 5.32 Å². The van der Waals surface area contributed by atoms with Crippen LogP contribution in [0, 0.1) is 24.7 Å². The first-order valence-corrected chi connectivity index (χ1v) is 11.6. The first kappa shape index (κ1) is 23.2. The van der Waals surface area contributed by atoms with Crippen molar-refractivity contribution in [2.75, 3.05) is 33.7 Å². The van der Waals surface area contributed by atoms with Crippen LogP contribution in [-0.4, -0.2) is 61.1 Å². The second kappa shape index (κ2) is 11.2. The van der Waals surface area contributed by atoms with Gasteiger partial charge in [-0.3, -0.25) is 0 Å². The van der Waals surface area contributed by atoms with Crippen molar-refractivity contribution in [1.82, 2.24) is 10.2 Å². The van der Waals surface area contributed by atoms with Gasteiger partial charge in [-0.25, -0.2) is 0 Å². The molecule has 0 radical (unpaired) electrons. The number of aryl methyl sites for hydroxylation is 1. The molecule has 4 heteroatoms. The third kappa shape index (κ3) is 6.78. The van der Waals surface area contributed by atoms with Gasteiger partial charge in [-0.05, 0) is 77.2 Å². The van der Waals surface area contributed by atoms with E-state index in [1.54, 1.807) is 0 Å². The molecule has 0 heterocycles. The third-order valence-corrected chi connectivity index (χ3v) is 6.59. The number of fused-ring (bicyclic) bond motifs is 1. The predicted octanol–water partition coefficient (Wildman–Crippen LogP) is 3.33. The molecule has 0 aliphatic heterocycles. The summed E-state index contributed by atoms with van der Waals surface area (Å²) in [5.41, 5.74) is 3.86. The normalized spacial score (nSPS) is 27.1. The molecule has 0 amide bonds. The topological polar surface area (TPSA) is 55.7 Å². The maximum atomic E-state index is 10.6. The zero-order valence-corrected chi connectivity index (χ0v) is 18.9. The van der Waals surface area contributed by atoms with Crippen LogP contribution in [0.15, 0.2) is 48.1 Å². The molecule has 3 rings (SSSR count). The molecule has 2 aliphatic rings. The summed E-state index contributed by atoms with van der Waals surface area (Å²) >= 11 is 0. The van der Waals surface area contributed by atoms with Crippen LogP contribution in [0.2, 0.25) is 0 Å². The van der Waals surface area contributed by atoms with E-state index in [2.05, 4.69) is 61.6 Å². The Morgan fingerprint density at radius 2 is 2.10 bits per heavy atom. The Balaban J connectivity index is 1.44. The van der Waals surface area contributed by atoms with Gasteiger partial charge in [0.1, 0.15) is 0 Å². The zero-order chi connectivity index (χ0) is 21.5. The van der Waals surface area contributed by atoms with E-state index in [1.807, 2.05) is 12.1 Å². The second-order valence-electron chi connectivity index (χ2n) is 9.57. The van der Waals surface area contributed by atoms with Gasteiger partial charge >= 0.3 is 0 Å². The largest absolute Gasteiger partial charge is 0.392 e. The van der Waals surface area contributed by atoms with Crippen LogP contribution in [0.25, 0.3) is 0 Å². The van der Waals surface area contributed by atoms with E-state index >= 15 is 0 Å². The summed E-state index contributed by atoms with van der Waals surface area (Å²) in [7, 11) is 4.24. The van der Waals surface area contributed by atoms with E-state index in [0.29, 0.717) is 18.3 Å². The first-order chi connectivity index (χ1) is 14.4. The van der Waals surface area contributed by atoms with Crippen LogP contribution in [-0.2, 0) is 6.42 Å². The zero-order valence-electron chi connectivity index (χ0n) is 18.9. The molecule has 0 unspecified atom stereocenters. The fraction of sp³-hybridized carbons (Fsp3) is 0.615. The van der Waals surface area contributed by atoms with Gasteiger partial charge in [-0.15, -0.1) is 0 Å². The molecule has 166 valence electrons. The lowest BCUT2D eigenvalue weighted by Crippen LogP contribution is -2.22. The minimum atomic E-state index is -0.504. The quantitative estimate of drug-likeness (QED) is 0.385. The second-order valence-corrected chi connectivity index (χ2v) is 9.57. The highest BCUT2D eigenvalue weighted by Gasteiger charge is 2.43. The Labute approximate surface area is 182 Å². The fourth-order valence-corrected chi connectivity index (χ4v) is 5.07. The van der Waals surface area contributed by atoms with E-state index in [-0.39, 0.29) is 12.0 Å². The summed E-state index contributed by atoms with van der Waals surface area (Å²) < 4.78 is 0. The van der Waals surface area contributed by atoms with Crippen LogP contribution in [0.4, 0.5) is 0 Å². The monoisotopic (exact) mass is 412 g/mol. The number of rotatable bonds is 11. The van der Waals surface area contributed by atoms with Gasteiger partial charge in [0.05, 0.1) is 12.2 Å². The van der Waals surface area contributed by atoms with Crippen molar-refractivity contribution >= 4 is 0 Å². The molecule has 1 aromatic carbocycles. The van der Waals surface area contributed by atoms with Gasteiger partial charge in [0, 0.05) is 18.9 Å². The van der Waals surface area contributed by atoms with E-state index in [4.69, 9.17) is 0 Å². The summed E-state index contributed by atoms with van der Waals surface area (Å²) in [6, 6.07) is 8.29. The van der Waals surface area contributed by atoms with Gasteiger partial charge in [0.2, 0.25) is 0 Å². The molecular weight excluding hydrogens is 372 g/mol. The molecule has 2 aliphatic carbocycles. The average molecular weight is 413 g/mol. The van der Waals surface area contributed by atoms with Gasteiger partial charge in [0.25, 0.3) is 0 Å². The molecule has 0 aromatic heterocycles. The van der Waals surface area contributed by atoms with Crippen LogP contribution in [0.1, 0.15) is 36.8 Å². The third-order valence-electron chi connectivity index (χ3n) is 6.59. The Kier molecular flexibility index (Phi) is 8.70. The molecular formula is C26H40N2O2. The van der Waals surface area contributed by atoms with Crippen molar-refractivity contribution in [1.29, 1.82) is 0 Å². The smallest absolute Gasteiger partial charge is 0.0761 e. The number of allylic oxidation sites excluding steroid dienone is 1. The number of aliphatic hydroxyl groups is 2. The number of aliphatic hydroxyl groups excluding tert-OH is 2. The molecule has 0 bridgehead atoms. The Morgan fingerprint density at radius 1 is 1.27 bits per heavy atom. The number of nitrogens with zero attached hydrogens (tertiary/aromatic N) is 1.